The third-order valence-corrected chi connectivity index (χ3v) is 3.24. The summed E-state index contributed by atoms with van der Waals surface area (Å²) in [6, 6.07) is 0.178. The molecule has 2 aromatic rings. The van der Waals surface area contributed by atoms with E-state index in [2.05, 4.69) is 41.8 Å². The molecule has 0 aliphatic rings. The molecule has 0 aromatic carbocycles. The van der Waals surface area contributed by atoms with E-state index >= 15 is 0 Å². The van der Waals surface area contributed by atoms with Gasteiger partial charge in [0.05, 0.1) is 17.9 Å². The van der Waals surface area contributed by atoms with Gasteiger partial charge >= 0.3 is 0 Å². The van der Waals surface area contributed by atoms with E-state index in [9.17, 15) is 0 Å². The van der Waals surface area contributed by atoms with Gasteiger partial charge in [0.25, 0.3) is 0 Å². The molecule has 2 aromatic heterocycles. The molecule has 0 saturated carbocycles. The molecule has 1 atom stereocenters. The molecular formula is C14H23N5. The smallest absolute Gasteiger partial charge is 0.0673 e. The van der Waals surface area contributed by atoms with Crippen LogP contribution >= 0.6 is 0 Å². The Hall–Kier alpha value is -1.62. The monoisotopic (exact) mass is 261 g/mol. The van der Waals surface area contributed by atoms with E-state index < -0.39 is 0 Å². The summed E-state index contributed by atoms with van der Waals surface area (Å²) in [6.07, 6.45) is 8.16. The summed E-state index contributed by atoms with van der Waals surface area (Å²) in [5.41, 5.74) is 3.60. The molecular weight excluding hydrogens is 238 g/mol. The Bertz CT molecular complexity index is 526. The summed E-state index contributed by atoms with van der Waals surface area (Å²) in [5, 5.41) is 12.4. The minimum atomic E-state index is 0.178. The molecule has 0 radical (unpaired) electrons. The molecule has 0 saturated heterocycles. The minimum absolute atomic E-state index is 0.178. The number of hydrogen-bond acceptors (Lipinski definition) is 3. The number of hydrogen-bond donors (Lipinski definition) is 1. The fourth-order valence-corrected chi connectivity index (χ4v) is 2.35. The molecule has 0 fully saturated rings. The van der Waals surface area contributed by atoms with Gasteiger partial charge in [-0.25, -0.2) is 0 Å². The maximum atomic E-state index is 4.54. The van der Waals surface area contributed by atoms with Gasteiger partial charge in [-0.15, -0.1) is 0 Å². The van der Waals surface area contributed by atoms with Crippen molar-refractivity contribution in [2.75, 3.05) is 6.54 Å². The molecule has 0 amide bonds. The lowest BCUT2D eigenvalue weighted by Crippen LogP contribution is -2.23. The van der Waals surface area contributed by atoms with Gasteiger partial charge in [-0.1, -0.05) is 13.8 Å². The van der Waals surface area contributed by atoms with Crippen LogP contribution in [0.15, 0.2) is 18.6 Å². The molecule has 2 heterocycles. The summed E-state index contributed by atoms with van der Waals surface area (Å²) in [7, 11) is 3.92. The van der Waals surface area contributed by atoms with E-state index in [4.69, 9.17) is 0 Å². The van der Waals surface area contributed by atoms with Crippen molar-refractivity contribution in [1.82, 2.24) is 24.9 Å². The van der Waals surface area contributed by atoms with Crippen LogP contribution in [-0.2, 0) is 20.5 Å². The second kappa shape index (κ2) is 6.02. The Labute approximate surface area is 114 Å². The molecule has 104 valence electrons. The maximum Gasteiger partial charge on any atom is 0.0673 e. The van der Waals surface area contributed by atoms with Crippen LogP contribution in [0.2, 0.25) is 0 Å². The second-order valence-corrected chi connectivity index (χ2v) is 4.89. The first-order chi connectivity index (χ1) is 9.15. The van der Waals surface area contributed by atoms with Crippen molar-refractivity contribution in [2.45, 2.75) is 32.7 Å². The number of rotatable bonds is 6. The van der Waals surface area contributed by atoms with Crippen LogP contribution in [0.1, 0.15) is 43.1 Å². The lowest BCUT2D eigenvalue weighted by atomic mass is 10.0. The van der Waals surface area contributed by atoms with Crippen LogP contribution < -0.4 is 5.32 Å². The van der Waals surface area contributed by atoms with E-state index in [0.29, 0.717) is 0 Å². The normalized spacial score (nSPS) is 12.8. The quantitative estimate of drug-likeness (QED) is 0.862. The topological polar surface area (TPSA) is 47.7 Å². The van der Waals surface area contributed by atoms with Crippen LogP contribution in [0.5, 0.6) is 0 Å². The highest BCUT2D eigenvalue weighted by molar-refractivity contribution is 5.31. The first-order valence-electron chi connectivity index (χ1n) is 6.90. The van der Waals surface area contributed by atoms with Gasteiger partial charge < -0.3 is 5.32 Å². The number of aryl methyl sites for hydroxylation is 3. The van der Waals surface area contributed by atoms with Gasteiger partial charge in [-0.3, -0.25) is 9.36 Å². The maximum absolute atomic E-state index is 4.54. The summed E-state index contributed by atoms with van der Waals surface area (Å²) in [5.74, 6) is 0. The average Bonchev–Trinajstić information content (AvgIpc) is 2.97. The lowest BCUT2D eigenvalue weighted by Gasteiger charge is -2.17. The molecule has 19 heavy (non-hydrogen) atoms. The highest BCUT2D eigenvalue weighted by atomic mass is 15.3. The van der Waals surface area contributed by atoms with Crippen molar-refractivity contribution in [3.63, 3.8) is 0 Å². The SMILES string of the molecule is CCCNC(c1cnn(C)c1)c1cn(C)nc1CC. The van der Waals surface area contributed by atoms with Gasteiger partial charge in [-0.05, 0) is 19.4 Å². The zero-order valence-corrected chi connectivity index (χ0v) is 12.2. The van der Waals surface area contributed by atoms with E-state index in [1.54, 1.807) is 0 Å². The molecule has 5 nitrogen and oxygen atoms in total. The van der Waals surface area contributed by atoms with Crippen molar-refractivity contribution >= 4 is 0 Å². The Balaban J connectivity index is 2.36. The van der Waals surface area contributed by atoms with Crippen molar-refractivity contribution < 1.29 is 0 Å². The Morgan fingerprint density at radius 1 is 1.21 bits per heavy atom. The van der Waals surface area contributed by atoms with Gasteiger partial charge in [-0.2, -0.15) is 10.2 Å². The van der Waals surface area contributed by atoms with Gasteiger partial charge in [0.15, 0.2) is 0 Å². The van der Waals surface area contributed by atoms with Crippen LogP contribution in [0.25, 0.3) is 0 Å². The van der Waals surface area contributed by atoms with Crippen molar-refractivity contribution in [2.24, 2.45) is 14.1 Å². The van der Waals surface area contributed by atoms with E-state index in [0.717, 1.165) is 25.1 Å². The summed E-state index contributed by atoms with van der Waals surface area (Å²) < 4.78 is 3.74. The third-order valence-electron chi connectivity index (χ3n) is 3.24. The fourth-order valence-electron chi connectivity index (χ4n) is 2.35. The zero-order valence-electron chi connectivity index (χ0n) is 12.2. The molecule has 1 N–H and O–H groups in total. The Kier molecular flexibility index (Phi) is 4.37. The average molecular weight is 261 g/mol. The highest BCUT2D eigenvalue weighted by Crippen LogP contribution is 2.24. The van der Waals surface area contributed by atoms with Crippen molar-refractivity contribution in [3.8, 4) is 0 Å². The number of nitrogens with one attached hydrogen (secondary N) is 1. The summed E-state index contributed by atoms with van der Waals surface area (Å²) >= 11 is 0. The molecule has 0 spiro atoms. The zero-order chi connectivity index (χ0) is 13.8. The van der Waals surface area contributed by atoms with Crippen LogP contribution in [0.3, 0.4) is 0 Å². The Morgan fingerprint density at radius 2 is 2.00 bits per heavy atom. The number of aromatic nitrogens is 4. The highest BCUT2D eigenvalue weighted by Gasteiger charge is 2.20. The first-order valence-corrected chi connectivity index (χ1v) is 6.90. The van der Waals surface area contributed by atoms with E-state index in [1.165, 1.54) is 11.1 Å². The second-order valence-electron chi connectivity index (χ2n) is 4.89. The molecule has 1 unspecified atom stereocenters. The molecule has 5 heteroatoms. The minimum Gasteiger partial charge on any atom is -0.306 e. The van der Waals surface area contributed by atoms with Crippen LogP contribution in [-0.4, -0.2) is 26.1 Å². The standard InChI is InChI=1S/C14H23N5/c1-5-7-15-14(11-8-16-18(3)9-11)12-10-19(4)17-13(12)6-2/h8-10,14-15H,5-7H2,1-4H3. The Morgan fingerprint density at radius 3 is 2.58 bits per heavy atom. The first kappa shape index (κ1) is 13.8. The van der Waals surface area contributed by atoms with Gasteiger partial charge in [0, 0.05) is 37.6 Å². The predicted octanol–water partition coefficient (Wildman–Crippen LogP) is 1.80. The lowest BCUT2D eigenvalue weighted by molar-refractivity contribution is 0.594. The molecule has 2 rings (SSSR count). The summed E-state index contributed by atoms with van der Waals surface area (Å²) in [6.45, 7) is 5.31. The molecule has 0 bridgehead atoms. The van der Waals surface area contributed by atoms with Crippen molar-refractivity contribution in [3.05, 3.63) is 35.4 Å². The van der Waals surface area contributed by atoms with Crippen LogP contribution in [0, 0.1) is 0 Å². The van der Waals surface area contributed by atoms with E-state index in [-0.39, 0.29) is 6.04 Å². The van der Waals surface area contributed by atoms with Crippen molar-refractivity contribution in [1.29, 1.82) is 0 Å². The third kappa shape index (κ3) is 3.04. The number of nitrogens with zero attached hydrogens (tertiary/aromatic N) is 4. The fraction of sp³-hybridized carbons (Fsp3) is 0.571. The van der Waals surface area contributed by atoms with E-state index in [1.807, 2.05) is 29.7 Å². The van der Waals surface area contributed by atoms with Gasteiger partial charge in [0.1, 0.15) is 0 Å². The molecule has 0 aliphatic carbocycles. The van der Waals surface area contributed by atoms with Crippen LogP contribution in [0.4, 0.5) is 0 Å². The molecule has 0 aliphatic heterocycles. The summed E-state index contributed by atoms with van der Waals surface area (Å²) in [4.78, 5) is 0. The largest absolute Gasteiger partial charge is 0.306 e. The predicted molar refractivity (Wildman–Crippen MR) is 75.9 cm³/mol. The van der Waals surface area contributed by atoms with Gasteiger partial charge in [0.2, 0.25) is 0 Å².